The first-order valence-electron chi connectivity index (χ1n) is 9.21. The lowest BCUT2D eigenvalue weighted by Gasteiger charge is -2.32. The first-order chi connectivity index (χ1) is 13.0. The summed E-state index contributed by atoms with van der Waals surface area (Å²) in [7, 11) is 0. The minimum Gasteiger partial charge on any atom is -0.508 e. The van der Waals surface area contributed by atoms with Gasteiger partial charge in [0.15, 0.2) is 0 Å². The molecule has 7 nitrogen and oxygen atoms in total. The molecule has 1 saturated heterocycles. The van der Waals surface area contributed by atoms with Crippen LogP contribution in [0.25, 0.3) is 0 Å². The fourth-order valence-electron chi connectivity index (χ4n) is 3.14. The summed E-state index contributed by atoms with van der Waals surface area (Å²) in [5.41, 5.74) is 2.78. The van der Waals surface area contributed by atoms with Gasteiger partial charge in [0.05, 0.1) is 24.9 Å². The molecule has 2 heterocycles. The second-order valence-electron chi connectivity index (χ2n) is 6.86. The summed E-state index contributed by atoms with van der Waals surface area (Å²) in [4.78, 5) is 12.4. The van der Waals surface area contributed by atoms with Crippen LogP contribution in [0.3, 0.4) is 0 Å². The minimum atomic E-state index is -0.204. The van der Waals surface area contributed by atoms with Crippen molar-refractivity contribution >= 4 is 5.91 Å². The molecule has 1 amide bonds. The molecule has 0 unspecified atom stereocenters. The van der Waals surface area contributed by atoms with Crippen molar-refractivity contribution in [3.63, 3.8) is 0 Å². The van der Waals surface area contributed by atoms with Gasteiger partial charge in [0, 0.05) is 18.6 Å². The molecule has 2 aromatic rings. The quantitative estimate of drug-likeness (QED) is 0.773. The molecule has 1 fully saturated rings. The van der Waals surface area contributed by atoms with Gasteiger partial charge >= 0.3 is 0 Å². The van der Waals surface area contributed by atoms with Crippen molar-refractivity contribution in [3.8, 4) is 5.75 Å². The van der Waals surface area contributed by atoms with Crippen LogP contribution in [0.5, 0.6) is 5.75 Å². The lowest BCUT2D eigenvalue weighted by Crippen LogP contribution is -2.50. The van der Waals surface area contributed by atoms with E-state index in [2.05, 4.69) is 10.5 Å². The molecule has 2 N–H and O–H groups in total. The van der Waals surface area contributed by atoms with E-state index in [9.17, 15) is 9.90 Å². The summed E-state index contributed by atoms with van der Waals surface area (Å²) >= 11 is 0. The molecule has 1 aromatic carbocycles. The molecule has 2 atom stereocenters. The molecule has 0 spiro atoms. The van der Waals surface area contributed by atoms with Crippen molar-refractivity contribution < 1.29 is 23.9 Å². The van der Waals surface area contributed by atoms with Gasteiger partial charge in [-0.15, -0.1) is 0 Å². The van der Waals surface area contributed by atoms with Gasteiger partial charge in [-0.3, -0.25) is 4.79 Å². The number of phenolic OH excluding ortho intramolecular Hbond substituents is 1. The SMILES string of the molecule is Cc1noc(C)c1CO[C@@H]1COCC[C@H]1NC(=O)CCc1ccc(O)cc1. The van der Waals surface area contributed by atoms with Crippen molar-refractivity contribution in [1.29, 1.82) is 0 Å². The Morgan fingerprint density at radius 1 is 1.33 bits per heavy atom. The van der Waals surface area contributed by atoms with E-state index in [-0.39, 0.29) is 23.8 Å². The number of hydrogen-bond donors (Lipinski definition) is 2. The van der Waals surface area contributed by atoms with E-state index >= 15 is 0 Å². The lowest BCUT2D eigenvalue weighted by molar-refractivity contribution is -0.126. The maximum atomic E-state index is 12.4. The van der Waals surface area contributed by atoms with E-state index < -0.39 is 0 Å². The van der Waals surface area contributed by atoms with Crippen LogP contribution in [0.1, 0.15) is 35.4 Å². The van der Waals surface area contributed by atoms with E-state index in [0.717, 1.165) is 29.0 Å². The van der Waals surface area contributed by atoms with Crippen LogP contribution >= 0.6 is 0 Å². The van der Waals surface area contributed by atoms with Crippen LogP contribution in [0, 0.1) is 13.8 Å². The Morgan fingerprint density at radius 2 is 2.11 bits per heavy atom. The van der Waals surface area contributed by atoms with Gasteiger partial charge in [0.25, 0.3) is 0 Å². The number of aromatic hydroxyl groups is 1. The Kier molecular flexibility index (Phi) is 6.47. The molecule has 0 saturated carbocycles. The van der Waals surface area contributed by atoms with Gasteiger partial charge in [-0.1, -0.05) is 17.3 Å². The van der Waals surface area contributed by atoms with Gasteiger partial charge in [-0.05, 0) is 44.4 Å². The smallest absolute Gasteiger partial charge is 0.220 e. The molecule has 0 aliphatic carbocycles. The number of ether oxygens (including phenoxy) is 2. The molecule has 7 heteroatoms. The van der Waals surface area contributed by atoms with Crippen LogP contribution in [0.2, 0.25) is 0 Å². The molecule has 146 valence electrons. The summed E-state index contributed by atoms with van der Waals surface area (Å²) in [6.45, 7) is 5.18. The largest absolute Gasteiger partial charge is 0.508 e. The molecule has 0 bridgehead atoms. The highest BCUT2D eigenvalue weighted by Crippen LogP contribution is 2.18. The topological polar surface area (TPSA) is 93.8 Å². The first kappa shape index (κ1) is 19.4. The van der Waals surface area contributed by atoms with E-state index in [1.165, 1.54) is 0 Å². The Hall–Kier alpha value is -2.38. The third-order valence-electron chi connectivity index (χ3n) is 4.85. The lowest BCUT2D eigenvalue weighted by atomic mass is 10.0. The maximum absolute atomic E-state index is 12.4. The molecule has 1 aliphatic rings. The van der Waals surface area contributed by atoms with Crippen molar-refractivity contribution in [1.82, 2.24) is 10.5 Å². The van der Waals surface area contributed by atoms with Crippen LogP contribution in [-0.4, -0.2) is 41.5 Å². The fraction of sp³-hybridized carbons (Fsp3) is 0.500. The van der Waals surface area contributed by atoms with Crippen LogP contribution in [0.4, 0.5) is 0 Å². The van der Waals surface area contributed by atoms with E-state index in [0.29, 0.717) is 32.7 Å². The molecular weight excluding hydrogens is 348 g/mol. The maximum Gasteiger partial charge on any atom is 0.220 e. The summed E-state index contributed by atoms with van der Waals surface area (Å²) in [5.74, 6) is 0.961. The van der Waals surface area contributed by atoms with E-state index in [4.69, 9.17) is 14.0 Å². The molecule has 0 radical (unpaired) electrons. The number of carbonyl (C=O) groups is 1. The van der Waals surface area contributed by atoms with Crippen molar-refractivity contribution in [3.05, 3.63) is 46.8 Å². The normalized spacial score (nSPS) is 19.8. The first-order valence-corrected chi connectivity index (χ1v) is 9.21. The van der Waals surface area contributed by atoms with Crippen molar-refractivity contribution in [2.75, 3.05) is 13.2 Å². The summed E-state index contributed by atoms with van der Waals surface area (Å²) in [6.07, 6.45) is 1.53. The molecular formula is C20H26N2O5. The molecule has 1 aliphatic heterocycles. The number of nitrogens with zero attached hydrogens (tertiary/aromatic N) is 1. The van der Waals surface area contributed by atoms with Crippen LogP contribution in [0.15, 0.2) is 28.8 Å². The zero-order chi connectivity index (χ0) is 19.2. The molecule has 3 rings (SSSR count). The zero-order valence-corrected chi connectivity index (χ0v) is 15.7. The third kappa shape index (κ3) is 5.30. The second-order valence-corrected chi connectivity index (χ2v) is 6.86. The van der Waals surface area contributed by atoms with Crippen LogP contribution in [-0.2, 0) is 27.3 Å². The Balaban J connectivity index is 1.50. The Morgan fingerprint density at radius 3 is 2.81 bits per heavy atom. The van der Waals surface area contributed by atoms with Gasteiger partial charge in [-0.2, -0.15) is 0 Å². The van der Waals surface area contributed by atoms with E-state index in [1.54, 1.807) is 12.1 Å². The number of benzene rings is 1. The average Bonchev–Trinajstić information content (AvgIpc) is 2.98. The van der Waals surface area contributed by atoms with Gasteiger partial charge in [-0.25, -0.2) is 0 Å². The number of carbonyl (C=O) groups excluding carboxylic acids is 1. The fourth-order valence-corrected chi connectivity index (χ4v) is 3.14. The average molecular weight is 374 g/mol. The number of nitrogens with one attached hydrogen (secondary N) is 1. The molecule has 27 heavy (non-hydrogen) atoms. The number of amides is 1. The van der Waals surface area contributed by atoms with Crippen molar-refractivity contribution in [2.24, 2.45) is 0 Å². The number of aromatic nitrogens is 1. The monoisotopic (exact) mass is 374 g/mol. The van der Waals surface area contributed by atoms with E-state index in [1.807, 2.05) is 26.0 Å². The summed E-state index contributed by atoms with van der Waals surface area (Å²) in [6, 6.07) is 6.83. The van der Waals surface area contributed by atoms with Crippen LogP contribution < -0.4 is 5.32 Å². The number of aryl methyl sites for hydroxylation is 3. The number of phenols is 1. The van der Waals surface area contributed by atoms with Crippen molar-refractivity contribution in [2.45, 2.75) is 51.9 Å². The second kappa shape index (κ2) is 9.01. The third-order valence-corrected chi connectivity index (χ3v) is 4.85. The van der Waals surface area contributed by atoms with Gasteiger partial charge in [0.2, 0.25) is 5.91 Å². The number of hydrogen-bond acceptors (Lipinski definition) is 6. The summed E-state index contributed by atoms with van der Waals surface area (Å²) < 4.78 is 16.7. The standard InChI is InChI=1S/C20H26N2O5/c1-13-17(14(2)27-22-13)11-26-19-12-25-10-9-18(19)21-20(24)8-5-15-3-6-16(23)7-4-15/h3-4,6-7,18-19,23H,5,8-12H2,1-2H3,(H,21,24)/t18-,19-/m1/s1. The van der Waals surface area contributed by atoms with Gasteiger partial charge in [0.1, 0.15) is 17.6 Å². The highest BCUT2D eigenvalue weighted by atomic mass is 16.5. The highest BCUT2D eigenvalue weighted by Gasteiger charge is 2.28. The van der Waals surface area contributed by atoms with Gasteiger partial charge < -0.3 is 24.4 Å². The Bertz CT molecular complexity index is 737. The minimum absolute atomic E-state index is 0.0130. The zero-order valence-electron chi connectivity index (χ0n) is 15.7. The Labute approximate surface area is 158 Å². The number of rotatable bonds is 7. The highest BCUT2D eigenvalue weighted by molar-refractivity contribution is 5.76. The predicted molar refractivity (Wildman–Crippen MR) is 98.3 cm³/mol. The molecule has 1 aromatic heterocycles. The summed E-state index contributed by atoms with van der Waals surface area (Å²) in [5, 5.41) is 16.3. The predicted octanol–water partition coefficient (Wildman–Crippen LogP) is 2.42.